The predicted octanol–water partition coefficient (Wildman–Crippen LogP) is 1.75. The third-order valence-electron chi connectivity index (χ3n) is 3.59. The molecular formula is C14H20N2O2. The van der Waals surface area contributed by atoms with Crippen LogP contribution in [0.25, 0.3) is 0 Å². The summed E-state index contributed by atoms with van der Waals surface area (Å²) in [5.74, 6) is 0.172. The molecule has 1 amide bonds. The van der Waals surface area contributed by atoms with Gasteiger partial charge in [0, 0.05) is 18.9 Å². The van der Waals surface area contributed by atoms with Gasteiger partial charge in [-0.05, 0) is 30.9 Å². The van der Waals surface area contributed by atoms with Gasteiger partial charge in [0.25, 0.3) is 5.91 Å². The summed E-state index contributed by atoms with van der Waals surface area (Å²) in [6.07, 6.45) is 8.54. The number of hydrogen-bond donors (Lipinski definition) is 2. The lowest BCUT2D eigenvalue weighted by Gasteiger charge is -2.26. The topological polar surface area (TPSA) is 62.2 Å². The molecule has 0 aliphatic heterocycles. The van der Waals surface area contributed by atoms with Crippen LogP contribution in [0, 0.1) is 5.92 Å². The number of carbonyl (C=O) groups is 1. The van der Waals surface area contributed by atoms with Gasteiger partial charge in [-0.15, -0.1) is 0 Å². The summed E-state index contributed by atoms with van der Waals surface area (Å²) >= 11 is 0. The fourth-order valence-electron chi connectivity index (χ4n) is 2.48. The fourth-order valence-corrected chi connectivity index (χ4v) is 2.48. The summed E-state index contributed by atoms with van der Waals surface area (Å²) in [5, 5.41) is 12.8. The molecule has 98 valence electrons. The molecule has 1 saturated carbocycles. The van der Waals surface area contributed by atoms with Gasteiger partial charge in [-0.2, -0.15) is 0 Å². The van der Waals surface area contributed by atoms with Crippen LogP contribution in [0.15, 0.2) is 24.5 Å². The monoisotopic (exact) mass is 248 g/mol. The molecule has 1 heterocycles. The van der Waals surface area contributed by atoms with E-state index in [0.29, 0.717) is 18.0 Å². The summed E-state index contributed by atoms with van der Waals surface area (Å²) in [4.78, 5) is 15.7. The molecule has 2 rings (SSSR count). The molecular weight excluding hydrogens is 228 g/mol. The Hall–Kier alpha value is -1.42. The van der Waals surface area contributed by atoms with Gasteiger partial charge in [-0.25, -0.2) is 0 Å². The first-order chi connectivity index (χ1) is 8.77. The van der Waals surface area contributed by atoms with Crippen molar-refractivity contribution in [2.24, 2.45) is 5.92 Å². The van der Waals surface area contributed by atoms with Gasteiger partial charge in [0.1, 0.15) is 0 Å². The average Bonchev–Trinajstić information content (AvgIpc) is 2.46. The van der Waals surface area contributed by atoms with Crippen molar-refractivity contribution < 1.29 is 9.90 Å². The van der Waals surface area contributed by atoms with Gasteiger partial charge >= 0.3 is 0 Å². The molecule has 1 aliphatic carbocycles. The van der Waals surface area contributed by atoms with Crippen molar-refractivity contribution in [2.75, 3.05) is 6.54 Å². The van der Waals surface area contributed by atoms with Gasteiger partial charge in [0.05, 0.1) is 11.7 Å². The number of carbonyl (C=O) groups excluding carboxylic acids is 1. The third kappa shape index (κ3) is 3.53. The van der Waals surface area contributed by atoms with Crippen LogP contribution in [0.2, 0.25) is 0 Å². The number of aliphatic hydroxyl groups excluding tert-OH is 1. The second-order valence-corrected chi connectivity index (χ2v) is 4.92. The number of aliphatic hydroxyl groups is 1. The summed E-state index contributed by atoms with van der Waals surface area (Å²) < 4.78 is 0. The van der Waals surface area contributed by atoms with Crippen LogP contribution >= 0.6 is 0 Å². The van der Waals surface area contributed by atoms with Crippen LogP contribution in [-0.2, 0) is 0 Å². The van der Waals surface area contributed by atoms with Crippen LogP contribution in [0.4, 0.5) is 0 Å². The molecule has 18 heavy (non-hydrogen) atoms. The Balaban J connectivity index is 1.78. The van der Waals surface area contributed by atoms with Crippen molar-refractivity contribution in [1.82, 2.24) is 10.3 Å². The zero-order valence-electron chi connectivity index (χ0n) is 10.5. The Bertz CT molecular complexity index is 375. The largest absolute Gasteiger partial charge is 0.391 e. The maximum Gasteiger partial charge on any atom is 0.252 e. The molecule has 0 unspecified atom stereocenters. The maximum absolute atomic E-state index is 11.8. The minimum atomic E-state index is -0.425. The van der Waals surface area contributed by atoms with E-state index in [-0.39, 0.29) is 5.91 Å². The summed E-state index contributed by atoms with van der Waals surface area (Å²) in [7, 11) is 0. The van der Waals surface area contributed by atoms with Crippen LogP contribution < -0.4 is 5.32 Å². The minimum Gasteiger partial charge on any atom is -0.391 e. The Labute approximate surface area is 107 Å². The minimum absolute atomic E-state index is 0.169. The molecule has 0 spiro atoms. The van der Waals surface area contributed by atoms with Gasteiger partial charge in [0.2, 0.25) is 0 Å². The van der Waals surface area contributed by atoms with E-state index in [1.807, 2.05) is 0 Å². The molecule has 4 nitrogen and oxygen atoms in total. The first-order valence-electron chi connectivity index (χ1n) is 6.63. The Kier molecular flexibility index (Phi) is 4.70. The molecule has 0 radical (unpaired) electrons. The molecule has 0 aromatic carbocycles. The highest BCUT2D eigenvalue weighted by Crippen LogP contribution is 2.26. The highest BCUT2D eigenvalue weighted by Gasteiger charge is 2.22. The fraction of sp³-hybridized carbons (Fsp3) is 0.571. The van der Waals surface area contributed by atoms with Crippen molar-refractivity contribution in [1.29, 1.82) is 0 Å². The lowest BCUT2D eigenvalue weighted by atomic mass is 9.85. The SMILES string of the molecule is O=C(NC[C@@H](O)C1CCCCC1)c1cccnc1. The third-order valence-corrected chi connectivity index (χ3v) is 3.59. The predicted molar refractivity (Wildman–Crippen MR) is 69.2 cm³/mol. The molecule has 1 aromatic heterocycles. The normalized spacial score (nSPS) is 18.3. The first kappa shape index (κ1) is 13.0. The highest BCUT2D eigenvalue weighted by atomic mass is 16.3. The van der Waals surface area contributed by atoms with Crippen LogP contribution in [0.5, 0.6) is 0 Å². The molecule has 0 saturated heterocycles. The Morgan fingerprint density at radius 1 is 1.44 bits per heavy atom. The van der Waals surface area contributed by atoms with Crippen LogP contribution in [0.3, 0.4) is 0 Å². The van der Waals surface area contributed by atoms with Crippen LogP contribution in [0.1, 0.15) is 42.5 Å². The number of nitrogens with zero attached hydrogens (tertiary/aromatic N) is 1. The van der Waals surface area contributed by atoms with E-state index in [1.165, 1.54) is 25.5 Å². The Morgan fingerprint density at radius 3 is 2.89 bits per heavy atom. The van der Waals surface area contributed by atoms with E-state index in [1.54, 1.807) is 18.3 Å². The van der Waals surface area contributed by atoms with Gasteiger partial charge in [0.15, 0.2) is 0 Å². The first-order valence-corrected chi connectivity index (χ1v) is 6.63. The summed E-state index contributed by atoms with van der Waals surface area (Å²) in [5.41, 5.74) is 0.536. The zero-order valence-corrected chi connectivity index (χ0v) is 10.5. The average molecular weight is 248 g/mol. The standard InChI is InChI=1S/C14H20N2O2/c17-13(11-5-2-1-3-6-11)10-16-14(18)12-7-4-8-15-9-12/h4,7-9,11,13,17H,1-3,5-6,10H2,(H,16,18)/t13-/m1/s1. The number of hydrogen-bond acceptors (Lipinski definition) is 3. The van der Waals surface area contributed by atoms with Crippen LogP contribution in [-0.4, -0.2) is 28.6 Å². The molecule has 4 heteroatoms. The maximum atomic E-state index is 11.8. The number of pyridine rings is 1. The lowest BCUT2D eigenvalue weighted by Crippen LogP contribution is -2.37. The number of rotatable bonds is 4. The van der Waals surface area contributed by atoms with Gasteiger partial charge < -0.3 is 10.4 Å². The molecule has 1 aliphatic rings. The van der Waals surface area contributed by atoms with Crippen molar-refractivity contribution >= 4 is 5.91 Å². The smallest absolute Gasteiger partial charge is 0.252 e. The Morgan fingerprint density at radius 2 is 2.22 bits per heavy atom. The highest BCUT2D eigenvalue weighted by molar-refractivity contribution is 5.93. The molecule has 0 bridgehead atoms. The lowest BCUT2D eigenvalue weighted by molar-refractivity contribution is 0.0738. The number of nitrogens with one attached hydrogen (secondary N) is 1. The summed E-state index contributed by atoms with van der Waals surface area (Å²) in [6, 6.07) is 3.45. The van der Waals surface area contributed by atoms with Gasteiger partial charge in [-0.3, -0.25) is 9.78 Å². The van der Waals surface area contributed by atoms with Crippen molar-refractivity contribution in [3.63, 3.8) is 0 Å². The number of aromatic nitrogens is 1. The second-order valence-electron chi connectivity index (χ2n) is 4.92. The van der Waals surface area contributed by atoms with E-state index < -0.39 is 6.10 Å². The molecule has 1 fully saturated rings. The van der Waals surface area contributed by atoms with Crippen molar-refractivity contribution in [3.05, 3.63) is 30.1 Å². The van der Waals surface area contributed by atoms with E-state index >= 15 is 0 Å². The molecule has 1 atom stereocenters. The van der Waals surface area contributed by atoms with E-state index in [0.717, 1.165) is 12.8 Å². The molecule has 1 aromatic rings. The molecule has 2 N–H and O–H groups in total. The quantitative estimate of drug-likeness (QED) is 0.853. The van der Waals surface area contributed by atoms with E-state index in [2.05, 4.69) is 10.3 Å². The second kappa shape index (κ2) is 6.50. The van der Waals surface area contributed by atoms with E-state index in [9.17, 15) is 9.90 Å². The van der Waals surface area contributed by atoms with Crippen molar-refractivity contribution in [2.45, 2.75) is 38.2 Å². The number of amides is 1. The van der Waals surface area contributed by atoms with E-state index in [4.69, 9.17) is 0 Å². The van der Waals surface area contributed by atoms with Gasteiger partial charge in [-0.1, -0.05) is 19.3 Å². The summed E-state index contributed by atoms with van der Waals surface area (Å²) in [6.45, 7) is 0.332. The van der Waals surface area contributed by atoms with Crippen molar-refractivity contribution in [3.8, 4) is 0 Å². The zero-order chi connectivity index (χ0) is 12.8.